The molecule has 1 fully saturated rings. The maximum atomic E-state index is 12.5. The molecule has 1 saturated carbocycles. The van der Waals surface area contributed by atoms with Crippen molar-refractivity contribution in [2.24, 2.45) is 0 Å². The van der Waals surface area contributed by atoms with Crippen molar-refractivity contribution in [2.45, 2.75) is 57.5 Å². The van der Waals surface area contributed by atoms with Gasteiger partial charge < -0.3 is 9.30 Å². The monoisotopic (exact) mass is 443 g/mol. The maximum absolute atomic E-state index is 12.5. The van der Waals surface area contributed by atoms with Crippen LogP contribution in [0.1, 0.15) is 56.0 Å². The third kappa shape index (κ3) is 4.97. The van der Waals surface area contributed by atoms with Crippen molar-refractivity contribution in [3.8, 4) is 5.75 Å². The second kappa shape index (κ2) is 9.98. The quantitative estimate of drug-likeness (QED) is 0.374. The fraction of sp³-hybridized carbons (Fsp3) is 0.385. The first-order chi connectivity index (χ1) is 16.3. The molecule has 0 amide bonds. The van der Waals surface area contributed by atoms with E-state index in [-0.39, 0.29) is 5.56 Å². The number of tetrazole rings is 1. The molecule has 5 rings (SSSR count). The van der Waals surface area contributed by atoms with Gasteiger partial charge in [0.1, 0.15) is 5.75 Å². The molecule has 33 heavy (non-hydrogen) atoms. The van der Waals surface area contributed by atoms with Crippen LogP contribution in [0.25, 0.3) is 10.9 Å². The van der Waals surface area contributed by atoms with Crippen molar-refractivity contribution >= 4 is 10.9 Å². The summed E-state index contributed by atoms with van der Waals surface area (Å²) in [4.78, 5) is 12.5. The summed E-state index contributed by atoms with van der Waals surface area (Å²) in [6.45, 7) is 1.14. The number of benzene rings is 2. The molecule has 1 aliphatic carbocycles. The second-order valence-corrected chi connectivity index (χ2v) is 8.75. The van der Waals surface area contributed by atoms with Crippen molar-refractivity contribution in [3.05, 3.63) is 82.4 Å². The number of hydrogen-bond donors (Lipinski definition) is 0. The molecule has 2 aromatic carbocycles. The third-order valence-electron chi connectivity index (χ3n) is 6.44. The van der Waals surface area contributed by atoms with Gasteiger partial charge in [-0.15, -0.1) is 5.10 Å². The van der Waals surface area contributed by atoms with Gasteiger partial charge in [0, 0.05) is 17.9 Å². The van der Waals surface area contributed by atoms with Gasteiger partial charge in [0.05, 0.1) is 24.7 Å². The Kier molecular flexibility index (Phi) is 6.46. The molecule has 0 radical (unpaired) electrons. The van der Waals surface area contributed by atoms with Crippen molar-refractivity contribution in [3.63, 3.8) is 0 Å². The summed E-state index contributed by atoms with van der Waals surface area (Å²) in [5.41, 5.74) is 2.00. The first-order valence-corrected chi connectivity index (χ1v) is 11.8. The highest BCUT2D eigenvalue weighted by Crippen LogP contribution is 2.28. The van der Waals surface area contributed by atoms with Gasteiger partial charge in [-0.25, -0.2) is 4.68 Å². The van der Waals surface area contributed by atoms with Crippen LogP contribution in [0.4, 0.5) is 0 Å². The van der Waals surface area contributed by atoms with Gasteiger partial charge in [-0.2, -0.15) is 0 Å². The van der Waals surface area contributed by atoms with Gasteiger partial charge in [-0.3, -0.25) is 4.79 Å². The summed E-state index contributed by atoms with van der Waals surface area (Å²) in [5, 5.41) is 13.4. The molecule has 0 N–H and O–H groups in total. The Labute approximate surface area is 193 Å². The van der Waals surface area contributed by atoms with E-state index in [1.165, 1.54) is 32.1 Å². The van der Waals surface area contributed by atoms with Gasteiger partial charge >= 0.3 is 0 Å². The zero-order valence-electron chi connectivity index (χ0n) is 18.8. The topological polar surface area (TPSA) is 74.8 Å². The Morgan fingerprint density at radius 1 is 0.970 bits per heavy atom. The number of hydrogen-bond acceptors (Lipinski definition) is 5. The Morgan fingerprint density at radius 3 is 2.67 bits per heavy atom. The minimum Gasteiger partial charge on any atom is -0.494 e. The number of rotatable bonds is 8. The number of ether oxygens (including phenoxy) is 1. The number of aryl methyl sites for hydroxylation is 1. The van der Waals surface area contributed by atoms with Crippen molar-refractivity contribution in [1.29, 1.82) is 0 Å². The average Bonchev–Trinajstić information content (AvgIpc) is 3.33. The molecule has 0 bridgehead atoms. The maximum Gasteiger partial charge on any atom is 0.251 e. The van der Waals surface area contributed by atoms with Gasteiger partial charge in [0.25, 0.3) is 5.56 Å². The molecule has 170 valence electrons. The van der Waals surface area contributed by atoms with Crippen LogP contribution in [-0.4, -0.2) is 31.4 Å². The van der Waals surface area contributed by atoms with Gasteiger partial charge in [-0.05, 0) is 59.5 Å². The van der Waals surface area contributed by atoms with Crippen LogP contribution in [0, 0.1) is 0 Å². The number of fused-ring (bicyclic) bond motifs is 1. The molecule has 7 nitrogen and oxygen atoms in total. The number of aromatic nitrogens is 5. The van der Waals surface area contributed by atoms with Crippen LogP contribution in [0.5, 0.6) is 5.75 Å². The highest BCUT2D eigenvalue weighted by molar-refractivity contribution is 5.80. The van der Waals surface area contributed by atoms with Crippen molar-refractivity contribution < 1.29 is 4.74 Å². The zero-order valence-corrected chi connectivity index (χ0v) is 18.8. The van der Waals surface area contributed by atoms with Gasteiger partial charge in [-0.1, -0.05) is 49.6 Å². The zero-order chi connectivity index (χ0) is 22.5. The van der Waals surface area contributed by atoms with E-state index in [2.05, 4.69) is 15.5 Å². The van der Waals surface area contributed by atoms with E-state index < -0.39 is 0 Å². The van der Waals surface area contributed by atoms with Crippen LogP contribution < -0.4 is 10.3 Å². The second-order valence-electron chi connectivity index (χ2n) is 8.75. The molecule has 0 aliphatic heterocycles. The molecular formula is C26H29N5O2. The molecule has 2 heterocycles. The normalized spacial score (nSPS) is 14.5. The summed E-state index contributed by atoms with van der Waals surface area (Å²) in [6, 6.07) is 19.9. The molecule has 0 unspecified atom stereocenters. The highest BCUT2D eigenvalue weighted by atomic mass is 16.5. The van der Waals surface area contributed by atoms with Crippen LogP contribution in [0.15, 0.2) is 65.5 Å². The van der Waals surface area contributed by atoms with E-state index in [0.717, 1.165) is 40.9 Å². The van der Waals surface area contributed by atoms with E-state index in [1.807, 2.05) is 59.3 Å². The molecule has 0 spiro atoms. The molecule has 1 aliphatic rings. The lowest BCUT2D eigenvalue weighted by molar-refractivity contribution is 0.298. The van der Waals surface area contributed by atoms with Crippen LogP contribution >= 0.6 is 0 Å². The Hall–Kier alpha value is -3.48. The molecule has 0 atom stereocenters. The third-order valence-corrected chi connectivity index (χ3v) is 6.44. The smallest absolute Gasteiger partial charge is 0.251 e. The lowest BCUT2D eigenvalue weighted by Crippen LogP contribution is -2.19. The predicted molar refractivity (Wildman–Crippen MR) is 128 cm³/mol. The van der Waals surface area contributed by atoms with Crippen molar-refractivity contribution in [1.82, 2.24) is 24.8 Å². The summed E-state index contributed by atoms with van der Waals surface area (Å²) < 4.78 is 9.85. The predicted octanol–water partition coefficient (Wildman–Crippen LogP) is 4.55. The van der Waals surface area contributed by atoms with Gasteiger partial charge in [0.2, 0.25) is 0 Å². The lowest BCUT2D eigenvalue weighted by Gasteiger charge is -2.22. The number of nitrogens with zero attached hydrogens (tertiary/aromatic N) is 5. The van der Waals surface area contributed by atoms with Crippen LogP contribution in [-0.2, 0) is 13.0 Å². The first-order valence-electron chi connectivity index (χ1n) is 11.8. The minimum absolute atomic E-state index is 0.00397. The number of pyridine rings is 1. The molecule has 7 heteroatoms. The fourth-order valence-corrected chi connectivity index (χ4v) is 4.71. The van der Waals surface area contributed by atoms with Crippen LogP contribution in [0.3, 0.4) is 0 Å². The van der Waals surface area contributed by atoms with Crippen LogP contribution in [0.2, 0.25) is 0 Å². The Balaban J connectivity index is 1.22. The van der Waals surface area contributed by atoms with E-state index in [4.69, 9.17) is 4.74 Å². The highest BCUT2D eigenvalue weighted by Gasteiger charge is 2.19. The van der Waals surface area contributed by atoms with E-state index >= 15 is 0 Å². The van der Waals surface area contributed by atoms with E-state index in [1.54, 1.807) is 10.6 Å². The summed E-state index contributed by atoms with van der Waals surface area (Å²) >= 11 is 0. The fourth-order valence-electron chi connectivity index (χ4n) is 4.71. The summed E-state index contributed by atoms with van der Waals surface area (Å²) in [5.74, 6) is 1.76. The lowest BCUT2D eigenvalue weighted by atomic mass is 9.95. The average molecular weight is 444 g/mol. The molecule has 2 aromatic heterocycles. The SMILES string of the molecule is O=c1ccc2cc(OCCCc3nnnn3C3CCCCC3)ccc2n1Cc1ccccc1. The van der Waals surface area contributed by atoms with Gasteiger partial charge in [0.15, 0.2) is 5.82 Å². The largest absolute Gasteiger partial charge is 0.494 e. The van der Waals surface area contributed by atoms with E-state index in [0.29, 0.717) is 19.2 Å². The Morgan fingerprint density at radius 2 is 1.82 bits per heavy atom. The minimum atomic E-state index is -0.00397. The summed E-state index contributed by atoms with van der Waals surface area (Å²) in [6.07, 6.45) is 7.81. The standard InChI is InChI=1S/C26H29N5O2/c32-26-16-13-21-18-23(14-15-24(21)30(26)19-20-8-3-1-4-9-20)33-17-7-12-25-27-28-29-31(25)22-10-5-2-6-11-22/h1,3-4,8-9,13-16,18,22H,2,5-7,10-12,17,19H2. The Bertz CT molecular complexity index is 1260. The first kappa shape index (κ1) is 21.4. The van der Waals surface area contributed by atoms with Crippen molar-refractivity contribution in [2.75, 3.05) is 6.61 Å². The molecule has 0 saturated heterocycles. The summed E-state index contributed by atoms with van der Waals surface area (Å²) in [7, 11) is 0. The van der Waals surface area contributed by atoms with E-state index in [9.17, 15) is 4.79 Å². The molecular weight excluding hydrogens is 414 g/mol. The molecule has 4 aromatic rings.